The number of hydrogen-bond donors (Lipinski definition) is 1. The van der Waals surface area contributed by atoms with Crippen molar-refractivity contribution in [1.29, 1.82) is 0 Å². The molecule has 1 aliphatic heterocycles. The fourth-order valence-corrected chi connectivity index (χ4v) is 2.53. The Morgan fingerprint density at radius 1 is 1.08 bits per heavy atom. The number of aromatic nitrogens is 1. The van der Waals surface area contributed by atoms with Crippen molar-refractivity contribution in [2.45, 2.75) is 12.5 Å². The van der Waals surface area contributed by atoms with E-state index < -0.39 is 6.04 Å². The van der Waals surface area contributed by atoms with E-state index in [1.54, 1.807) is 43.5 Å². The first kappa shape index (κ1) is 15.8. The van der Waals surface area contributed by atoms with Crippen LogP contribution in [0, 0.1) is 0 Å². The van der Waals surface area contributed by atoms with Crippen LogP contribution in [0.3, 0.4) is 0 Å². The lowest BCUT2D eigenvalue weighted by atomic mass is 10.2. The summed E-state index contributed by atoms with van der Waals surface area (Å²) in [6.07, 6.45) is 1.54. The minimum atomic E-state index is -0.604. The van der Waals surface area contributed by atoms with Crippen molar-refractivity contribution in [3.05, 3.63) is 42.6 Å². The summed E-state index contributed by atoms with van der Waals surface area (Å²) in [6, 6.07) is 9.82. The van der Waals surface area contributed by atoms with E-state index in [-0.39, 0.29) is 18.2 Å². The van der Waals surface area contributed by atoms with Crippen LogP contribution >= 0.6 is 0 Å². The zero-order valence-electron chi connectivity index (χ0n) is 13.4. The Balaban J connectivity index is 1.75. The molecule has 1 aromatic carbocycles. The predicted molar refractivity (Wildman–Crippen MR) is 88.3 cm³/mol. The maximum atomic E-state index is 12.6. The lowest BCUT2D eigenvalue weighted by Gasteiger charge is -2.16. The number of amides is 2. The number of imide groups is 1. The molecular formula is C17H17N3O4. The van der Waals surface area contributed by atoms with Crippen LogP contribution in [0.25, 0.3) is 0 Å². The molecule has 0 aliphatic carbocycles. The summed E-state index contributed by atoms with van der Waals surface area (Å²) < 4.78 is 10.1. The average molecular weight is 327 g/mol. The van der Waals surface area contributed by atoms with Gasteiger partial charge in [0, 0.05) is 11.8 Å². The molecule has 7 nitrogen and oxygen atoms in total. The van der Waals surface area contributed by atoms with Gasteiger partial charge in [0.25, 0.3) is 5.91 Å². The lowest BCUT2D eigenvalue weighted by Crippen LogP contribution is -2.34. The molecule has 1 aromatic heterocycles. The van der Waals surface area contributed by atoms with Crippen molar-refractivity contribution < 1.29 is 19.1 Å². The van der Waals surface area contributed by atoms with Crippen LogP contribution in [0.5, 0.6) is 11.6 Å². The molecule has 1 atom stereocenters. The van der Waals surface area contributed by atoms with E-state index in [4.69, 9.17) is 9.47 Å². The van der Waals surface area contributed by atoms with Crippen molar-refractivity contribution in [2.24, 2.45) is 0 Å². The second kappa shape index (κ2) is 6.57. The molecule has 0 spiro atoms. The summed E-state index contributed by atoms with van der Waals surface area (Å²) in [7, 11) is 3.09. The van der Waals surface area contributed by atoms with Gasteiger partial charge in [-0.05, 0) is 30.3 Å². The summed E-state index contributed by atoms with van der Waals surface area (Å²) >= 11 is 0. The number of rotatable bonds is 5. The van der Waals surface area contributed by atoms with Crippen LogP contribution in [0.2, 0.25) is 0 Å². The number of pyridine rings is 1. The maximum absolute atomic E-state index is 12.6. The largest absolute Gasteiger partial charge is 0.497 e. The SMILES string of the molecule is COc1ccc(N[C@H]2CC(=O)N(c3ccc(OC)nc3)C2=O)cc1. The van der Waals surface area contributed by atoms with Gasteiger partial charge in [0.2, 0.25) is 11.8 Å². The summed E-state index contributed by atoms with van der Waals surface area (Å²) in [6.45, 7) is 0. The lowest BCUT2D eigenvalue weighted by molar-refractivity contribution is -0.121. The van der Waals surface area contributed by atoms with Crippen LogP contribution in [-0.2, 0) is 9.59 Å². The van der Waals surface area contributed by atoms with Crippen molar-refractivity contribution in [3.8, 4) is 11.6 Å². The Morgan fingerprint density at radius 3 is 2.42 bits per heavy atom. The zero-order chi connectivity index (χ0) is 17.1. The number of carbonyl (C=O) groups is 2. The molecule has 0 saturated carbocycles. The minimum absolute atomic E-state index is 0.0941. The Morgan fingerprint density at radius 2 is 1.83 bits per heavy atom. The molecule has 7 heteroatoms. The molecule has 2 aromatic rings. The van der Waals surface area contributed by atoms with Crippen molar-refractivity contribution in [2.75, 3.05) is 24.4 Å². The molecule has 3 rings (SSSR count). The summed E-state index contributed by atoms with van der Waals surface area (Å²) in [5.41, 5.74) is 1.18. The highest BCUT2D eigenvalue weighted by Crippen LogP contribution is 2.26. The summed E-state index contributed by atoms with van der Waals surface area (Å²) in [5.74, 6) is 0.576. The van der Waals surface area contributed by atoms with Crippen LogP contribution in [0.1, 0.15) is 6.42 Å². The molecule has 124 valence electrons. The third kappa shape index (κ3) is 3.01. The quantitative estimate of drug-likeness (QED) is 0.844. The molecule has 0 unspecified atom stereocenters. The number of nitrogens with one attached hydrogen (secondary N) is 1. The van der Waals surface area contributed by atoms with E-state index in [0.29, 0.717) is 11.6 Å². The van der Waals surface area contributed by atoms with Gasteiger partial charge < -0.3 is 14.8 Å². The van der Waals surface area contributed by atoms with Gasteiger partial charge in [0.1, 0.15) is 11.8 Å². The molecule has 24 heavy (non-hydrogen) atoms. The van der Waals surface area contributed by atoms with E-state index in [0.717, 1.165) is 16.3 Å². The summed E-state index contributed by atoms with van der Waals surface area (Å²) in [5, 5.41) is 3.08. The smallest absolute Gasteiger partial charge is 0.256 e. The first-order valence-corrected chi connectivity index (χ1v) is 7.40. The second-order valence-corrected chi connectivity index (χ2v) is 5.26. The molecule has 2 heterocycles. The van der Waals surface area contributed by atoms with Gasteiger partial charge in [-0.15, -0.1) is 0 Å². The van der Waals surface area contributed by atoms with E-state index in [2.05, 4.69) is 10.3 Å². The topological polar surface area (TPSA) is 80.8 Å². The van der Waals surface area contributed by atoms with Gasteiger partial charge in [-0.1, -0.05) is 0 Å². The molecule has 1 saturated heterocycles. The normalized spacial score (nSPS) is 17.1. The van der Waals surface area contributed by atoms with Gasteiger partial charge >= 0.3 is 0 Å². The Hall–Kier alpha value is -3.09. The number of nitrogens with zero attached hydrogens (tertiary/aromatic N) is 2. The Kier molecular flexibility index (Phi) is 4.33. The number of methoxy groups -OCH3 is 2. The third-order valence-electron chi connectivity index (χ3n) is 3.77. The fraction of sp³-hybridized carbons (Fsp3) is 0.235. The average Bonchev–Trinajstić information content (AvgIpc) is 2.89. The maximum Gasteiger partial charge on any atom is 0.256 e. The van der Waals surface area contributed by atoms with E-state index in [1.165, 1.54) is 13.3 Å². The van der Waals surface area contributed by atoms with E-state index >= 15 is 0 Å². The standard InChI is InChI=1S/C17H17N3O4/c1-23-13-6-3-11(4-7-13)19-14-9-16(21)20(17(14)22)12-5-8-15(24-2)18-10-12/h3-8,10,14,19H,9H2,1-2H3/t14-/m0/s1. The molecular weight excluding hydrogens is 310 g/mol. The van der Waals surface area contributed by atoms with Crippen LogP contribution in [0.4, 0.5) is 11.4 Å². The fourth-order valence-electron chi connectivity index (χ4n) is 2.53. The number of carbonyl (C=O) groups excluding carboxylic acids is 2. The van der Waals surface area contributed by atoms with Gasteiger partial charge in [-0.25, -0.2) is 9.88 Å². The molecule has 1 aliphatic rings. The highest BCUT2D eigenvalue weighted by molar-refractivity contribution is 6.23. The highest BCUT2D eigenvalue weighted by Gasteiger charge is 2.39. The molecule has 1 N–H and O–H groups in total. The van der Waals surface area contributed by atoms with Gasteiger partial charge in [0.05, 0.1) is 32.5 Å². The first-order chi connectivity index (χ1) is 11.6. The van der Waals surface area contributed by atoms with Crippen molar-refractivity contribution >= 4 is 23.2 Å². The molecule has 0 radical (unpaired) electrons. The van der Waals surface area contributed by atoms with Crippen LogP contribution in [-0.4, -0.2) is 37.1 Å². The zero-order valence-corrected chi connectivity index (χ0v) is 13.4. The number of hydrogen-bond acceptors (Lipinski definition) is 6. The van der Waals surface area contributed by atoms with Gasteiger partial charge in [-0.2, -0.15) is 0 Å². The molecule has 0 bridgehead atoms. The monoisotopic (exact) mass is 327 g/mol. The van der Waals surface area contributed by atoms with Crippen molar-refractivity contribution in [1.82, 2.24) is 4.98 Å². The van der Waals surface area contributed by atoms with Crippen LogP contribution < -0.4 is 19.7 Å². The third-order valence-corrected chi connectivity index (χ3v) is 3.77. The molecule has 2 amide bonds. The highest BCUT2D eigenvalue weighted by atomic mass is 16.5. The number of ether oxygens (including phenoxy) is 2. The van der Waals surface area contributed by atoms with Crippen LogP contribution in [0.15, 0.2) is 42.6 Å². The number of anilines is 2. The summed E-state index contributed by atoms with van der Waals surface area (Å²) in [4.78, 5) is 30.0. The predicted octanol–water partition coefficient (Wildman–Crippen LogP) is 1.84. The van der Waals surface area contributed by atoms with Gasteiger partial charge in [0.15, 0.2) is 0 Å². The Labute approximate surface area is 139 Å². The van der Waals surface area contributed by atoms with E-state index in [9.17, 15) is 9.59 Å². The molecule has 1 fully saturated rings. The first-order valence-electron chi connectivity index (χ1n) is 7.40. The Bertz CT molecular complexity index is 743. The second-order valence-electron chi connectivity index (χ2n) is 5.26. The van der Waals surface area contributed by atoms with E-state index in [1.807, 2.05) is 0 Å². The van der Waals surface area contributed by atoms with Crippen molar-refractivity contribution in [3.63, 3.8) is 0 Å². The van der Waals surface area contributed by atoms with Gasteiger partial charge in [-0.3, -0.25) is 9.59 Å². The minimum Gasteiger partial charge on any atom is -0.497 e. The number of benzene rings is 1.